The second-order valence-electron chi connectivity index (χ2n) is 2.34. The lowest BCUT2D eigenvalue weighted by molar-refractivity contribution is -0.128. The van der Waals surface area contributed by atoms with Gasteiger partial charge in [-0.25, -0.2) is 0 Å². The zero-order valence-corrected chi connectivity index (χ0v) is 6.26. The van der Waals surface area contributed by atoms with Crippen molar-refractivity contribution in [2.24, 2.45) is 0 Å². The molecule has 0 saturated heterocycles. The van der Waals surface area contributed by atoms with E-state index in [0.29, 0.717) is 0 Å². The van der Waals surface area contributed by atoms with Crippen LogP contribution < -0.4 is 0 Å². The van der Waals surface area contributed by atoms with Gasteiger partial charge in [-0.1, -0.05) is 0 Å². The van der Waals surface area contributed by atoms with Gasteiger partial charge in [-0.3, -0.25) is 4.79 Å². The molecule has 0 saturated carbocycles. The summed E-state index contributed by atoms with van der Waals surface area (Å²) in [5, 5.41) is 8.67. The lowest BCUT2D eigenvalue weighted by atomic mass is 10.1. The molecule has 1 unspecified atom stereocenters. The quantitative estimate of drug-likeness (QED) is 0.617. The monoisotopic (exact) mass is 144 g/mol. The highest BCUT2D eigenvalue weighted by Crippen LogP contribution is 1.95. The van der Waals surface area contributed by atoms with E-state index < -0.39 is 6.10 Å². The van der Waals surface area contributed by atoms with Gasteiger partial charge in [0, 0.05) is 12.8 Å². The third-order valence-corrected chi connectivity index (χ3v) is 1.19. The molecule has 0 aliphatic heterocycles. The second-order valence-corrected chi connectivity index (χ2v) is 2.34. The van der Waals surface area contributed by atoms with Gasteiger partial charge in [-0.05, 0) is 13.8 Å². The molecule has 0 aliphatic rings. The average Bonchev–Trinajstić information content (AvgIpc) is 1.82. The Bertz CT molecular complexity index is 138. The molecule has 1 N–H and O–H groups in total. The number of rotatable bonds is 4. The van der Waals surface area contributed by atoms with Crippen molar-refractivity contribution in [3.05, 3.63) is 0 Å². The van der Waals surface area contributed by atoms with E-state index in [4.69, 9.17) is 5.11 Å². The summed E-state index contributed by atoms with van der Waals surface area (Å²) in [5.74, 6) is -0.288. The largest absolute Gasteiger partial charge is 0.386 e. The fourth-order valence-corrected chi connectivity index (χ4v) is 0.508. The van der Waals surface area contributed by atoms with E-state index in [9.17, 15) is 9.59 Å². The van der Waals surface area contributed by atoms with Gasteiger partial charge in [0.25, 0.3) is 0 Å². The fourth-order valence-electron chi connectivity index (χ4n) is 0.508. The molecule has 0 radical (unpaired) electrons. The standard InChI is InChI=1S/C7H12O3/c1-5(8)3-4-7(10)6(2)9/h6,9H,3-4H2,1-2H3. The van der Waals surface area contributed by atoms with Gasteiger partial charge in [-0.15, -0.1) is 0 Å². The number of ketones is 2. The molecule has 58 valence electrons. The predicted octanol–water partition coefficient (Wildman–Crippen LogP) is 0.305. The van der Waals surface area contributed by atoms with Crippen LogP contribution in [0.2, 0.25) is 0 Å². The number of hydrogen-bond acceptors (Lipinski definition) is 3. The van der Waals surface area contributed by atoms with Gasteiger partial charge in [0.2, 0.25) is 0 Å². The SMILES string of the molecule is CC(=O)CCC(=O)C(C)O. The Labute approximate surface area is 60.0 Å². The molecule has 3 nitrogen and oxygen atoms in total. The van der Waals surface area contributed by atoms with Gasteiger partial charge in [-0.2, -0.15) is 0 Å². The number of hydrogen-bond donors (Lipinski definition) is 1. The summed E-state index contributed by atoms with van der Waals surface area (Å²) >= 11 is 0. The van der Waals surface area contributed by atoms with Crippen molar-refractivity contribution in [3.63, 3.8) is 0 Å². The Morgan fingerprint density at radius 2 is 1.90 bits per heavy atom. The van der Waals surface area contributed by atoms with Crippen LogP contribution in [0.15, 0.2) is 0 Å². The first-order valence-corrected chi connectivity index (χ1v) is 3.24. The summed E-state index contributed by atoms with van der Waals surface area (Å²) in [6.45, 7) is 2.83. The van der Waals surface area contributed by atoms with E-state index >= 15 is 0 Å². The van der Waals surface area contributed by atoms with Crippen LogP contribution in [0.1, 0.15) is 26.7 Å². The van der Waals surface area contributed by atoms with Crippen LogP contribution in [-0.2, 0) is 9.59 Å². The van der Waals surface area contributed by atoms with Crippen LogP contribution >= 0.6 is 0 Å². The molecule has 0 amide bonds. The average molecular weight is 144 g/mol. The molecule has 0 fully saturated rings. The fraction of sp³-hybridized carbons (Fsp3) is 0.714. The van der Waals surface area contributed by atoms with Crippen molar-refractivity contribution < 1.29 is 14.7 Å². The zero-order chi connectivity index (χ0) is 8.15. The summed E-state index contributed by atoms with van der Waals surface area (Å²) in [5.41, 5.74) is 0. The summed E-state index contributed by atoms with van der Waals surface area (Å²) < 4.78 is 0. The van der Waals surface area contributed by atoms with Crippen LogP contribution in [0.4, 0.5) is 0 Å². The first kappa shape index (κ1) is 9.30. The summed E-state index contributed by atoms with van der Waals surface area (Å²) in [6.07, 6.45) is -0.532. The van der Waals surface area contributed by atoms with Crippen molar-refractivity contribution in [2.75, 3.05) is 0 Å². The Balaban J connectivity index is 3.50. The maximum Gasteiger partial charge on any atom is 0.161 e. The van der Waals surface area contributed by atoms with Crippen molar-refractivity contribution in [3.8, 4) is 0 Å². The third-order valence-electron chi connectivity index (χ3n) is 1.19. The van der Waals surface area contributed by atoms with Crippen LogP contribution in [-0.4, -0.2) is 22.8 Å². The highest BCUT2D eigenvalue weighted by atomic mass is 16.3. The Hall–Kier alpha value is -0.700. The molecular weight excluding hydrogens is 132 g/mol. The normalized spacial score (nSPS) is 12.7. The van der Waals surface area contributed by atoms with Crippen molar-refractivity contribution in [1.82, 2.24) is 0 Å². The van der Waals surface area contributed by atoms with Crippen molar-refractivity contribution in [2.45, 2.75) is 32.8 Å². The molecule has 10 heavy (non-hydrogen) atoms. The van der Waals surface area contributed by atoms with Crippen LogP contribution in [0.5, 0.6) is 0 Å². The van der Waals surface area contributed by atoms with Crippen LogP contribution in [0.25, 0.3) is 0 Å². The van der Waals surface area contributed by atoms with Gasteiger partial charge < -0.3 is 9.90 Å². The lowest BCUT2D eigenvalue weighted by Gasteiger charge is -1.99. The van der Waals surface area contributed by atoms with E-state index in [1.165, 1.54) is 13.8 Å². The Morgan fingerprint density at radius 3 is 2.20 bits per heavy atom. The first-order valence-electron chi connectivity index (χ1n) is 3.24. The molecule has 0 spiro atoms. The molecule has 0 aromatic heterocycles. The van der Waals surface area contributed by atoms with Gasteiger partial charge >= 0.3 is 0 Å². The maximum absolute atomic E-state index is 10.6. The maximum atomic E-state index is 10.6. The number of carbonyl (C=O) groups is 2. The van der Waals surface area contributed by atoms with E-state index in [1.54, 1.807) is 0 Å². The number of aliphatic hydroxyl groups is 1. The predicted molar refractivity (Wildman–Crippen MR) is 36.6 cm³/mol. The Kier molecular flexibility index (Phi) is 3.88. The molecule has 0 rings (SSSR count). The topological polar surface area (TPSA) is 54.4 Å². The van der Waals surface area contributed by atoms with Crippen LogP contribution in [0, 0.1) is 0 Å². The van der Waals surface area contributed by atoms with Crippen molar-refractivity contribution in [1.29, 1.82) is 0 Å². The third kappa shape index (κ3) is 4.21. The summed E-state index contributed by atoms with van der Waals surface area (Å²) in [6, 6.07) is 0. The van der Waals surface area contributed by atoms with Crippen LogP contribution in [0.3, 0.4) is 0 Å². The smallest absolute Gasteiger partial charge is 0.161 e. The van der Waals surface area contributed by atoms with Gasteiger partial charge in [0.15, 0.2) is 5.78 Å². The minimum Gasteiger partial charge on any atom is -0.386 e. The molecule has 0 aromatic carbocycles. The van der Waals surface area contributed by atoms with E-state index in [2.05, 4.69) is 0 Å². The highest BCUT2D eigenvalue weighted by Gasteiger charge is 2.08. The zero-order valence-electron chi connectivity index (χ0n) is 6.26. The minimum absolute atomic E-state index is 0.0194. The highest BCUT2D eigenvalue weighted by molar-refractivity contribution is 5.87. The number of aliphatic hydroxyl groups excluding tert-OH is 1. The lowest BCUT2D eigenvalue weighted by Crippen LogP contribution is -2.16. The molecular formula is C7H12O3. The molecule has 0 aliphatic carbocycles. The molecule has 1 atom stereocenters. The summed E-state index contributed by atoms with van der Waals surface area (Å²) in [7, 11) is 0. The molecule has 0 bridgehead atoms. The van der Waals surface area contributed by atoms with Crippen molar-refractivity contribution >= 4 is 11.6 Å². The molecule has 0 aromatic rings. The number of Topliss-reactive ketones (excluding diaryl/α,β-unsaturated/α-hetero) is 2. The molecule has 0 heterocycles. The molecule has 3 heteroatoms. The van der Waals surface area contributed by atoms with E-state index in [0.717, 1.165) is 0 Å². The van der Waals surface area contributed by atoms with Gasteiger partial charge in [0.1, 0.15) is 11.9 Å². The van der Waals surface area contributed by atoms with E-state index in [1.807, 2.05) is 0 Å². The second kappa shape index (κ2) is 4.17. The summed E-state index contributed by atoms with van der Waals surface area (Å²) in [4.78, 5) is 21.0. The minimum atomic E-state index is -0.931. The van der Waals surface area contributed by atoms with Gasteiger partial charge in [0.05, 0.1) is 0 Å². The van der Waals surface area contributed by atoms with E-state index in [-0.39, 0.29) is 24.4 Å². The number of carbonyl (C=O) groups excluding carboxylic acids is 2. The Morgan fingerprint density at radius 1 is 1.40 bits per heavy atom. The first-order chi connectivity index (χ1) is 4.54.